The maximum atomic E-state index is 12.6. The molecule has 0 aliphatic heterocycles. The van der Waals surface area contributed by atoms with Crippen LogP contribution in [0.1, 0.15) is 5.56 Å². The van der Waals surface area contributed by atoms with Crippen LogP contribution in [0.25, 0.3) is 0 Å². The lowest BCUT2D eigenvalue weighted by molar-refractivity contribution is 0.482. The molecule has 0 saturated carbocycles. The van der Waals surface area contributed by atoms with Gasteiger partial charge in [-0.05, 0) is 42.8 Å². The Labute approximate surface area is 133 Å². The lowest BCUT2D eigenvalue weighted by Crippen LogP contribution is -2.08. The fourth-order valence-electron chi connectivity index (χ4n) is 1.92. The molecule has 0 aromatic heterocycles. The molecule has 0 amide bonds. The highest BCUT2D eigenvalue weighted by molar-refractivity contribution is 7.91. The molecule has 9 heteroatoms. The molecule has 0 bridgehead atoms. The van der Waals surface area contributed by atoms with Crippen LogP contribution < -0.4 is 5.73 Å². The highest BCUT2D eigenvalue weighted by Crippen LogP contribution is 2.30. The van der Waals surface area contributed by atoms with Crippen molar-refractivity contribution >= 4 is 37.2 Å². The molecule has 0 heterocycles. The number of aryl methyl sites for hydroxylation is 1. The van der Waals surface area contributed by atoms with Crippen LogP contribution in [0.3, 0.4) is 0 Å². The van der Waals surface area contributed by atoms with Crippen LogP contribution in [0, 0.1) is 6.92 Å². The third kappa shape index (κ3) is 3.09. The van der Waals surface area contributed by atoms with Crippen LogP contribution in [-0.4, -0.2) is 21.4 Å². The van der Waals surface area contributed by atoms with Crippen molar-refractivity contribution in [1.29, 1.82) is 0 Å². The van der Waals surface area contributed by atoms with Crippen molar-refractivity contribution in [1.82, 2.24) is 0 Å². The standard InChI is InChI=1S/C13H12ClNO5S2/c1-8-2-4-10(7-13(8)22(18,19)20)21(16,17)12-5-3-9(14)6-11(12)15/h2-7H,15H2,1H3,(H,18,19,20). The molecule has 22 heavy (non-hydrogen) atoms. The van der Waals surface area contributed by atoms with Crippen LogP contribution in [0.15, 0.2) is 51.1 Å². The van der Waals surface area contributed by atoms with E-state index >= 15 is 0 Å². The third-order valence-electron chi connectivity index (χ3n) is 3.01. The van der Waals surface area contributed by atoms with Crippen molar-refractivity contribution in [3.63, 3.8) is 0 Å². The van der Waals surface area contributed by atoms with Crippen LogP contribution in [0.2, 0.25) is 5.02 Å². The van der Waals surface area contributed by atoms with E-state index in [1.54, 1.807) is 0 Å². The normalized spacial score (nSPS) is 12.3. The molecule has 0 fully saturated rings. The smallest absolute Gasteiger partial charge is 0.294 e. The zero-order valence-corrected chi connectivity index (χ0v) is 13.7. The average Bonchev–Trinajstić information content (AvgIpc) is 2.36. The maximum absolute atomic E-state index is 12.6. The fourth-order valence-corrected chi connectivity index (χ4v) is 4.31. The van der Waals surface area contributed by atoms with E-state index in [-0.39, 0.29) is 26.1 Å². The molecule has 6 nitrogen and oxygen atoms in total. The molecule has 118 valence electrons. The van der Waals surface area contributed by atoms with Gasteiger partial charge in [0.2, 0.25) is 9.84 Å². The van der Waals surface area contributed by atoms with Gasteiger partial charge in [-0.25, -0.2) is 8.42 Å². The van der Waals surface area contributed by atoms with Crippen LogP contribution in [0.5, 0.6) is 0 Å². The number of hydrogen-bond acceptors (Lipinski definition) is 5. The molecule has 2 rings (SSSR count). The zero-order chi connectivity index (χ0) is 16.7. The SMILES string of the molecule is Cc1ccc(S(=O)(=O)c2ccc(Cl)cc2N)cc1S(=O)(=O)O. The van der Waals surface area contributed by atoms with Crippen molar-refractivity contribution in [3.8, 4) is 0 Å². The van der Waals surface area contributed by atoms with Gasteiger partial charge in [0.25, 0.3) is 10.1 Å². The minimum absolute atomic E-state index is 0.0542. The number of rotatable bonds is 3. The second kappa shape index (κ2) is 5.54. The number of sulfone groups is 1. The second-order valence-electron chi connectivity index (χ2n) is 4.59. The average molecular weight is 362 g/mol. The Balaban J connectivity index is 2.70. The summed E-state index contributed by atoms with van der Waals surface area (Å²) in [7, 11) is -8.58. The molecule has 0 aliphatic rings. The number of halogens is 1. The van der Waals surface area contributed by atoms with E-state index in [4.69, 9.17) is 21.9 Å². The van der Waals surface area contributed by atoms with E-state index in [0.29, 0.717) is 0 Å². The molecule has 0 unspecified atom stereocenters. The Morgan fingerprint density at radius 1 is 1.00 bits per heavy atom. The summed E-state index contributed by atoms with van der Waals surface area (Å²) in [6.45, 7) is 1.44. The molecule has 0 aliphatic carbocycles. The first-order valence-corrected chi connectivity index (χ1v) is 9.22. The highest BCUT2D eigenvalue weighted by atomic mass is 35.5. The van der Waals surface area contributed by atoms with Gasteiger partial charge in [0.15, 0.2) is 0 Å². The summed E-state index contributed by atoms with van der Waals surface area (Å²) in [5, 5.41) is 0.277. The van der Waals surface area contributed by atoms with Gasteiger partial charge in [0, 0.05) is 5.02 Å². The van der Waals surface area contributed by atoms with Crippen LogP contribution in [0.4, 0.5) is 5.69 Å². The van der Waals surface area contributed by atoms with Crippen LogP contribution in [-0.2, 0) is 20.0 Å². The van der Waals surface area contributed by atoms with Crippen LogP contribution >= 0.6 is 11.6 Å². The fraction of sp³-hybridized carbons (Fsp3) is 0.0769. The number of benzene rings is 2. The minimum Gasteiger partial charge on any atom is -0.398 e. The number of anilines is 1. The first-order valence-electron chi connectivity index (χ1n) is 5.92. The monoisotopic (exact) mass is 361 g/mol. The Hall–Kier alpha value is -1.61. The lowest BCUT2D eigenvalue weighted by Gasteiger charge is -2.10. The van der Waals surface area contributed by atoms with Gasteiger partial charge in [0.05, 0.1) is 20.4 Å². The number of hydrogen-bond donors (Lipinski definition) is 2. The molecule has 0 spiro atoms. The molecule has 0 radical (unpaired) electrons. The Bertz CT molecular complexity index is 952. The lowest BCUT2D eigenvalue weighted by atomic mass is 10.2. The van der Waals surface area contributed by atoms with Crippen molar-refractivity contribution in [2.75, 3.05) is 5.73 Å². The summed E-state index contributed by atoms with van der Waals surface area (Å²) in [4.78, 5) is -0.956. The topological polar surface area (TPSA) is 115 Å². The molecule has 0 atom stereocenters. The summed E-state index contributed by atoms with van der Waals surface area (Å²) >= 11 is 5.73. The summed E-state index contributed by atoms with van der Waals surface area (Å²) < 4.78 is 56.9. The van der Waals surface area contributed by atoms with E-state index in [0.717, 1.165) is 6.07 Å². The summed E-state index contributed by atoms with van der Waals surface area (Å²) in [5.74, 6) is 0. The van der Waals surface area contributed by atoms with Crippen molar-refractivity contribution in [2.45, 2.75) is 21.6 Å². The van der Waals surface area contributed by atoms with E-state index < -0.39 is 24.9 Å². The Morgan fingerprint density at radius 2 is 1.64 bits per heavy atom. The Morgan fingerprint density at radius 3 is 2.18 bits per heavy atom. The predicted molar refractivity (Wildman–Crippen MR) is 82.3 cm³/mol. The quantitative estimate of drug-likeness (QED) is 0.640. The van der Waals surface area contributed by atoms with Gasteiger partial charge in [0.1, 0.15) is 0 Å². The van der Waals surface area contributed by atoms with Gasteiger partial charge in [-0.15, -0.1) is 0 Å². The minimum atomic E-state index is -4.53. The number of nitrogens with two attached hydrogens (primary N) is 1. The van der Waals surface area contributed by atoms with Gasteiger partial charge in [-0.2, -0.15) is 8.42 Å². The second-order valence-corrected chi connectivity index (χ2v) is 8.33. The summed E-state index contributed by atoms with van der Waals surface area (Å²) in [5.41, 5.74) is 5.84. The Kier molecular flexibility index (Phi) is 4.22. The first-order chi connectivity index (χ1) is 10.0. The van der Waals surface area contributed by atoms with E-state index in [1.807, 2.05) is 0 Å². The van der Waals surface area contributed by atoms with E-state index in [1.165, 1.54) is 37.3 Å². The molecule has 2 aromatic carbocycles. The first kappa shape index (κ1) is 16.8. The predicted octanol–water partition coefficient (Wildman–Crippen LogP) is 2.31. The molecule has 3 N–H and O–H groups in total. The molecular formula is C13H12ClNO5S2. The van der Waals surface area contributed by atoms with E-state index in [2.05, 4.69) is 0 Å². The molecule has 0 saturated heterocycles. The zero-order valence-electron chi connectivity index (χ0n) is 11.3. The number of nitrogen functional groups attached to an aromatic ring is 1. The van der Waals surface area contributed by atoms with E-state index in [9.17, 15) is 16.8 Å². The summed E-state index contributed by atoms with van der Waals surface area (Å²) in [6, 6.07) is 7.32. The highest BCUT2D eigenvalue weighted by Gasteiger charge is 2.24. The van der Waals surface area contributed by atoms with Crippen molar-refractivity contribution in [2.24, 2.45) is 0 Å². The van der Waals surface area contributed by atoms with Gasteiger partial charge < -0.3 is 5.73 Å². The largest absolute Gasteiger partial charge is 0.398 e. The van der Waals surface area contributed by atoms with Gasteiger partial charge >= 0.3 is 0 Å². The van der Waals surface area contributed by atoms with Gasteiger partial charge in [-0.1, -0.05) is 17.7 Å². The molecular weight excluding hydrogens is 350 g/mol. The molecule has 2 aromatic rings. The summed E-state index contributed by atoms with van der Waals surface area (Å²) in [6.07, 6.45) is 0. The maximum Gasteiger partial charge on any atom is 0.294 e. The van der Waals surface area contributed by atoms with Gasteiger partial charge in [-0.3, -0.25) is 4.55 Å². The van der Waals surface area contributed by atoms with Crippen molar-refractivity contribution in [3.05, 3.63) is 47.0 Å². The third-order valence-corrected chi connectivity index (χ3v) is 6.07. The van der Waals surface area contributed by atoms with Crippen molar-refractivity contribution < 1.29 is 21.4 Å².